The van der Waals surface area contributed by atoms with Crippen LogP contribution in [0.2, 0.25) is 5.02 Å². The molecule has 0 saturated heterocycles. The number of anilines is 1. The van der Waals surface area contributed by atoms with Gasteiger partial charge in [0.2, 0.25) is 5.13 Å². The number of aryl methyl sites for hydroxylation is 1. The van der Waals surface area contributed by atoms with E-state index in [-0.39, 0.29) is 10.6 Å². The molecule has 19 heavy (non-hydrogen) atoms. The summed E-state index contributed by atoms with van der Waals surface area (Å²) in [5, 5.41) is 11.8. The van der Waals surface area contributed by atoms with Gasteiger partial charge in [0.25, 0.3) is 5.91 Å². The van der Waals surface area contributed by atoms with Gasteiger partial charge < -0.3 is 0 Å². The van der Waals surface area contributed by atoms with Gasteiger partial charge in [0, 0.05) is 6.42 Å². The lowest BCUT2D eigenvalue weighted by molar-refractivity contribution is 0.102. The highest BCUT2D eigenvalue weighted by Crippen LogP contribution is 2.21. The first-order chi connectivity index (χ1) is 9.10. The standard InChI is InChI=1S/C12H11ClFN3OS/c1-2-3-10-16-17-12(19-10)15-11(18)8-5-4-7(14)6-9(8)13/h4-6H,2-3H2,1H3,(H,15,17,18). The van der Waals surface area contributed by atoms with Crippen LogP contribution in [0.1, 0.15) is 28.7 Å². The normalized spacial score (nSPS) is 10.5. The molecule has 0 aliphatic rings. The van der Waals surface area contributed by atoms with Gasteiger partial charge in [-0.3, -0.25) is 10.1 Å². The summed E-state index contributed by atoms with van der Waals surface area (Å²) >= 11 is 7.13. The summed E-state index contributed by atoms with van der Waals surface area (Å²) in [6, 6.07) is 3.61. The fourth-order valence-corrected chi connectivity index (χ4v) is 2.55. The van der Waals surface area contributed by atoms with Crippen molar-refractivity contribution >= 4 is 34.0 Å². The van der Waals surface area contributed by atoms with E-state index in [1.165, 1.54) is 23.5 Å². The molecule has 1 N–H and O–H groups in total. The topological polar surface area (TPSA) is 54.9 Å². The number of hydrogen-bond donors (Lipinski definition) is 1. The van der Waals surface area contributed by atoms with Gasteiger partial charge in [-0.15, -0.1) is 10.2 Å². The Bertz CT molecular complexity index is 602. The van der Waals surface area contributed by atoms with Crippen LogP contribution < -0.4 is 5.32 Å². The van der Waals surface area contributed by atoms with Crippen molar-refractivity contribution in [2.24, 2.45) is 0 Å². The highest BCUT2D eigenvalue weighted by atomic mass is 35.5. The van der Waals surface area contributed by atoms with Crippen molar-refractivity contribution in [2.75, 3.05) is 5.32 Å². The maximum atomic E-state index is 12.9. The molecule has 100 valence electrons. The minimum atomic E-state index is -0.484. The zero-order valence-corrected chi connectivity index (χ0v) is 11.7. The summed E-state index contributed by atoms with van der Waals surface area (Å²) in [4.78, 5) is 11.9. The molecule has 0 unspecified atom stereocenters. The Balaban J connectivity index is 2.11. The van der Waals surface area contributed by atoms with Gasteiger partial charge in [-0.1, -0.05) is 29.9 Å². The van der Waals surface area contributed by atoms with E-state index in [0.717, 1.165) is 23.9 Å². The van der Waals surface area contributed by atoms with E-state index >= 15 is 0 Å². The second-order valence-corrected chi connectivity index (χ2v) is 5.30. The molecule has 7 heteroatoms. The minimum absolute atomic E-state index is 0.0656. The van der Waals surface area contributed by atoms with E-state index in [4.69, 9.17) is 11.6 Å². The molecular formula is C12H11ClFN3OS. The molecule has 0 bridgehead atoms. The van der Waals surface area contributed by atoms with E-state index in [2.05, 4.69) is 15.5 Å². The molecule has 0 aliphatic heterocycles. The van der Waals surface area contributed by atoms with Crippen molar-refractivity contribution in [3.8, 4) is 0 Å². The van der Waals surface area contributed by atoms with Gasteiger partial charge in [0.15, 0.2) is 0 Å². The van der Waals surface area contributed by atoms with Crippen molar-refractivity contribution in [3.05, 3.63) is 39.6 Å². The average molecular weight is 300 g/mol. The lowest BCUT2D eigenvalue weighted by Gasteiger charge is -2.03. The first-order valence-corrected chi connectivity index (χ1v) is 6.88. The molecule has 2 rings (SSSR count). The van der Waals surface area contributed by atoms with Gasteiger partial charge in [-0.2, -0.15) is 0 Å². The van der Waals surface area contributed by atoms with Crippen LogP contribution in [0.25, 0.3) is 0 Å². The van der Waals surface area contributed by atoms with Crippen molar-refractivity contribution < 1.29 is 9.18 Å². The predicted octanol–water partition coefficient (Wildman–Crippen LogP) is 3.54. The van der Waals surface area contributed by atoms with Crippen molar-refractivity contribution in [1.82, 2.24) is 10.2 Å². The minimum Gasteiger partial charge on any atom is -0.296 e. The fourth-order valence-electron chi connectivity index (χ4n) is 1.46. The molecule has 0 saturated carbocycles. The summed E-state index contributed by atoms with van der Waals surface area (Å²) < 4.78 is 12.9. The Morgan fingerprint density at radius 2 is 2.26 bits per heavy atom. The van der Waals surface area contributed by atoms with Crippen LogP contribution >= 0.6 is 22.9 Å². The number of rotatable bonds is 4. The monoisotopic (exact) mass is 299 g/mol. The van der Waals surface area contributed by atoms with E-state index in [9.17, 15) is 9.18 Å². The molecule has 0 fully saturated rings. The fraction of sp³-hybridized carbons (Fsp3) is 0.250. The van der Waals surface area contributed by atoms with Gasteiger partial charge in [0.1, 0.15) is 10.8 Å². The van der Waals surface area contributed by atoms with Gasteiger partial charge in [0.05, 0.1) is 10.6 Å². The number of halogens is 2. The highest BCUT2D eigenvalue weighted by molar-refractivity contribution is 7.15. The smallest absolute Gasteiger partial charge is 0.259 e. The SMILES string of the molecule is CCCc1nnc(NC(=O)c2ccc(F)cc2Cl)s1. The average Bonchev–Trinajstić information content (AvgIpc) is 2.76. The van der Waals surface area contributed by atoms with Crippen LogP contribution in [0, 0.1) is 5.82 Å². The predicted molar refractivity (Wildman–Crippen MR) is 73.3 cm³/mol. The number of nitrogens with zero attached hydrogens (tertiary/aromatic N) is 2. The molecule has 0 spiro atoms. The maximum Gasteiger partial charge on any atom is 0.259 e. The Labute approximate surface area is 118 Å². The zero-order valence-electron chi connectivity index (χ0n) is 10.1. The lowest BCUT2D eigenvalue weighted by Crippen LogP contribution is -2.12. The third kappa shape index (κ3) is 3.48. The van der Waals surface area contributed by atoms with E-state index in [0.29, 0.717) is 5.13 Å². The summed E-state index contributed by atoms with van der Waals surface area (Å²) in [5.41, 5.74) is 0.204. The van der Waals surface area contributed by atoms with Crippen LogP contribution in [-0.2, 0) is 6.42 Å². The molecule has 1 aromatic heterocycles. The van der Waals surface area contributed by atoms with Gasteiger partial charge >= 0.3 is 0 Å². The molecule has 0 radical (unpaired) electrons. The number of amides is 1. The van der Waals surface area contributed by atoms with Crippen LogP contribution in [0.15, 0.2) is 18.2 Å². The highest BCUT2D eigenvalue weighted by Gasteiger charge is 2.13. The molecule has 1 heterocycles. The first-order valence-electron chi connectivity index (χ1n) is 5.69. The lowest BCUT2D eigenvalue weighted by atomic mass is 10.2. The Hall–Kier alpha value is -1.53. The summed E-state index contributed by atoms with van der Waals surface area (Å²) in [7, 11) is 0. The second kappa shape index (κ2) is 6.08. The molecule has 1 aromatic carbocycles. The molecule has 4 nitrogen and oxygen atoms in total. The van der Waals surface area contributed by atoms with Gasteiger partial charge in [-0.25, -0.2) is 4.39 Å². The van der Waals surface area contributed by atoms with Gasteiger partial charge in [-0.05, 0) is 24.6 Å². The number of hydrogen-bond acceptors (Lipinski definition) is 4. The molecule has 2 aromatic rings. The van der Waals surface area contributed by atoms with Crippen LogP contribution in [-0.4, -0.2) is 16.1 Å². The zero-order chi connectivity index (χ0) is 13.8. The quantitative estimate of drug-likeness (QED) is 0.939. The Morgan fingerprint density at radius 1 is 1.47 bits per heavy atom. The van der Waals surface area contributed by atoms with Crippen molar-refractivity contribution in [3.63, 3.8) is 0 Å². The first kappa shape index (κ1) is 13.9. The molecule has 0 aliphatic carbocycles. The van der Waals surface area contributed by atoms with Crippen LogP contribution in [0.3, 0.4) is 0 Å². The van der Waals surface area contributed by atoms with E-state index in [1.807, 2.05) is 6.92 Å². The summed E-state index contributed by atoms with van der Waals surface area (Å²) in [5.74, 6) is -0.910. The summed E-state index contributed by atoms with van der Waals surface area (Å²) in [6.07, 6.45) is 1.79. The Morgan fingerprint density at radius 3 is 2.95 bits per heavy atom. The number of benzene rings is 1. The van der Waals surface area contributed by atoms with E-state index in [1.54, 1.807) is 0 Å². The van der Waals surface area contributed by atoms with Crippen LogP contribution in [0.4, 0.5) is 9.52 Å². The van der Waals surface area contributed by atoms with Crippen molar-refractivity contribution in [1.29, 1.82) is 0 Å². The second-order valence-electron chi connectivity index (χ2n) is 3.83. The third-order valence-electron chi connectivity index (χ3n) is 2.33. The number of aromatic nitrogens is 2. The van der Waals surface area contributed by atoms with Crippen molar-refractivity contribution in [2.45, 2.75) is 19.8 Å². The third-order valence-corrected chi connectivity index (χ3v) is 3.54. The maximum absolute atomic E-state index is 12.9. The van der Waals surface area contributed by atoms with Crippen LogP contribution in [0.5, 0.6) is 0 Å². The number of nitrogens with one attached hydrogen (secondary N) is 1. The molecule has 0 atom stereocenters. The van der Waals surface area contributed by atoms with E-state index < -0.39 is 11.7 Å². The number of carbonyl (C=O) groups excluding carboxylic acids is 1. The molecule has 1 amide bonds. The molecular weight excluding hydrogens is 289 g/mol. The largest absolute Gasteiger partial charge is 0.296 e. The number of carbonyl (C=O) groups is 1. The summed E-state index contributed by atoms with van der Waals surface area (Å²) in [6.45, 7) is 2.04. The Kier molecular flexibility index (Phi) is 4.44.